The summed E-state index contributed by atoms with van der Waals surface area (Å²) < 4.78 is 15.2. The molecule has 11 nitrogen and oxygen atoms in total. The molecule has 2 aliphatic heterocycles. The number of carbonyl (C=O) groups is 2. The maximum absolute atomic E-state index is 13.8. The van der Waals surface area contributed by atoms with Gasteiger partial charge in [-0.05, 0) is 83.1 Å². The van der Waals surface area contributed by atoms with Crippen LogP contribution in [0.15, 0.2) is 30.3 Å². The molecule has 2 bridgehead atoms. The maximum Gasteiger partial charge on any atom is 0.254 e. The molecule has 3 aliphatic rings. The Hall–Kier alpha value is -3.96. The molecule has 232 valence electrons. The van der Waals surface area contributed by atoms with Gasteiger partial charge in [0.15, 0.2) is 5.88 Å². The van der Waals surface area contributed by atoms with Gasteiger partial charge in [0.25, 0.3) is 5.91 Å². The molecule has 3 N–H and O–H groups in total. The summed E-state index contributed by atoms with van der Waals surface area (Å²) in [6.07, 6.45) is 4.66. The van der Waals surface area contributed by atoms with Crippen LogP contribution in [-0.2, 0) is 16.1 Å². The summed E-state index contributed by atoms with van der Waals surface area (Å²) in [5.74, 6) is 0.975. The molecular weight excluding hydrogens is 558 g/mol. The van der Waals surface area contributed by atoms with Crippen LogP contribution in [0.3, 0.4) is 0 Å². The van der Waals surface area contributed by atoms with Gasteiger partial charge in [0.1, 0.15) is 23.1 Å². The minimum atomic E-state index is -0.541. The second-order valence-corrected chi connectivity index (χ2v) is 12.8. The topological polar surface area (TPSA) is 129 Å². The molecule has 5 atom stereocenters. The Kier molecular flexibility index (Phi) is 7.12. The number of imidazole rings is 1. The fourth-order valence-corrected chi connectivity index (χ4v) is 7.13. The zero-order valence-electron chi connectivity index (χ0n) is 26.0. The van der Waals surface area contributed by atoms with Crippen molar-refractivity contribution in [3.8, 4) is 17.3 Å². The van der Waals surface area contributed by atoms with Crippen LogP contribution in [0, 0.1) is 12.8 Å². The van der Waals surface area contributed by atoms with E-state index in [0.717, 1.165) is 59.6 Å². The van der Waals surface area contributed by atoms with E-state index in [1.807, 2.05) is 41.3 Å². The third kappa shape index (κ3) is 4.73. The van der Waals surface area contributed by atoms with E-state index in [1.54, 1.807) is 14.0 Å². The molecule has 4 aromatic heterocycles. The van der Waals surface area contributed by atoms with Gasteiger partial charge in [-0.1, -0.05) is 0 Å². The molecule has 1 aliphatic carbocycles. The first kappa shape index (κ1) is 28.8. The zero-order valence-corrected chi connectivity index (χ0v) is 26.0. The van der Waals surface area contributed by atoms with Gasteiger partial charge in [-0.25, -0.2) is 9.97 Å². The lowest BCUT2D eigenvalue weighted by atomic mass is 9.97. The molecule has 0 spiro atoms. The second kappa shape index (κ2) is 10.9. The van der Waals surface area contributed by atoms with Crippen molar-refractivity contribution in [1.82, 2.24) is 29.2 Å². The molecule has 3 fully saturated rings. The van der Waals surface area contributed by atoms with Gasteiger partial charge in [-0.3, -0.25) is 14.0 Å². The van der Waals surface area contributed by atoms with E-state index in [1.165, 1.54) is 20.0 Å². The summed E-state index contributed by atoms with van der Waals surface area (Å²) in [7, 11) is 3.15. The smallest absolute Gasteiger partial charge is 0.254 e. The molecule has 7 rings (SSSR count). The second-order valence-electron chi connectivity index (χ2n) is 12.8. The normalized spacial score (nSPS) is 22.6. The number of carbonyl (C=O) groups excluding carboxylic acids is 2. The number of hydrogen-bond donors (Lipinski definition) is 2. The van der Waals surface area contributed by atoms with Gasteiger partial charge in [0.05, 0.1) is 30.2 Å². The van der Waals surface area contributed by atoms with E-state index in [4.69, 9.17) is 25.2 Å². The molecule has 0 radical (unpaired) electrons. The molecule has 11 heteroatoms. The first-order valence-electron chi connectivity index (χ1n) is 15.7. The number of pyridine rings is 2. The highest BCUT2D eigenvalue weighted by atomic mass is 16.5. The fourth-order valence-electron chi connectivity index (χ4n) is 7.13. The van der Waals surface area contributed by atoms with Crippen molar-refractivity contribution in [2.24, 2.45) is 11.7 Å². The summed E-state index contributed by atoms with van der Waals surface area (Å²) in [5, 5.41) is 4.01. The minimum absolute atomic E-state index is 0.00543. The lowest BCUT2D eigenvalue weighted by Gasteiger charge is -2.23. The average Bonchev–Trinajstić information content (AvgIpc) is 3.34. The van der Waals surface area contributed by atoms with Crippen molar-refractivity contribution in [2.75, 3.05) is 14.2 Å². The number of hydrogen-bond acceptors (Lipinski definition) is 7. The molecule has 1 saturated carbocycles. The Bertz CT molecular complexity index is 1770. The Labute approximate surface area is 256 Å². The van der Waals surface area contributed by atoms with Gasteiger partial charge in [-0.15, -0.1) is 0 Å². The predicted octanol–water partition coefficient (Wildman–Crippen LogP) is 3.99. The van der Waals surface area contributed by atoms with Crippen LogP contribution >= 0.6 is 0 Å². The highest BCUT2D eigenvalue weighted by molar-refractivity contribution is 5.97. The Morgan fingerprint density at radius 2 is 1.89 bits per heavy atom. The van der Waals surface area contributed by atoms with Crippen LogP contribution in [0.2, 0.25) is 0 Å². The van der Waals surface area contributed by atoms with Crippen LogP contribution in [-0.4, -0.2) is 74.1 Å². The highest BCUT2D eigenvalue weighted by Gasteiger charge is 2.47. The number of aromatic nitrogens is 4. The number of amides is 2. The number of nitrogens with zero attached hydrogens (tertiary/aromatic N) is 5. The molecule has 4 aromatic rings. The standard InChI is InChI=1S/C33H41N7O4/c1-17(35-32(41)19(3)43-4)25-10-8-21-12-27(38(31(21)36-25)16-20-6-7-20)30-18(2)39-28(37-30)13-22(14-29(39)44-5)33(42)40-23-9-11-26(40)24(34)15-23/h8,10,12-14,17,19-20,23-24,26H,6-7,9,11,15-16,34H2,1-5H3,(H,35,41)/t17-,19-,23+,24-,26-/m1/s1. The van der Waals surface area contributed by atoms with Crippen LogP contribution in [0.4, 0.5) is 0 Å². The maximum atomic E-state index is 13.8. The summed E-state index contributed by atoms with van der Waals surface area (Å²) in [6, 6.07) is 9.93. The molecule has 44 heavy (non-hydrogen) atoms. The number of nitrogens with two attached hydrogens (primary N) is 1. The highest BCUT2D eigenvalue weighted by Crippen LogP contribution is 2.40. The summed E-state index contributed by atoms with van der Waals surface area (Å²) >= 11 is 0. The first-order chi connectivity index (χ1) is 21.2. The summed E-state index contributed by atoms with van der Waals surface area (Å²) in [6.45, 7) is 6.53. The van der Waals surface area contributed by atoms with Crippen molar-refractivity contribution in [1.29, 1.82) is 0 Å². The number of methoxy groups -OCH3 is 2. The zero-order chi connectivity index (χ0) is 30.9. The third-order valence-electron chi connectivity index (χ3n) is 9.86. The quantitative estimate of drug-likeness (QED) is 0.298. The van der Waals surface area contributed by atoms with E-state index in [2.05, 4.69) is 22.0 Å². The Morgan fingerprint density at radius 3 is 2.55 bits per heavy atom. The van der Waals surface area contributed by atoms with Crippen LogP contribution < -0.4 is 15.8 Å². The van der Waals surface area contributed by atoms with Gasteiger partial charge >= 0.3 is 0 Å². The first-order valence-corrected chi connectivity index (χ1v) is 15.7. The van der Waals surface area contributed by atoms with Gasteiger partial charge in [0.2, 0.25) is 5.91 Å². The van der Waals surface area contributed by atoms with Crippen molar-refractivity contribution < 1.29 is 19.1 Å². The number of fused-ring (bicyclic) bond motifs is 4. The van der Waals surface area contributed by atoms with E-state index >= 15 is 0 Å². The number of rotatable bonds is 9. The van der Waals surface area contributed by atoms with Gasteiger partial charge in [-0.2, -0.15) is 0 Å². The summed E-state index contributed by atoms with van der Waals surface area (Å²) in [4.78, 5) is 38.4. The number of ether oxygens (including phenoxy) is 2. The van der Waals surface area contributed by atoms with E-state index < -0.39 is 6.10 Å². The van der Waals surface area contributed by atoms with Gasteiger partial charge < -0.3 is 30.0 Å². The van der Waals surface area contributed by atoms with Crippen molar-refractivity contribution in [2.45, 2.75) is 89.7 Å². The van der Waals surface area contributed by atoms with E-state index in [9.17, 15) is 9.59 Å². The largest absolute Gasteiger partial charge is 0.482 e. The number of nitrogens with one attached hydrogen (secondary N) is 1. The molecule has 2 saturated heterocycles. The Morgan fingerprint density at radius 1 is 1.09 bits per heavy atom. The van der Waals surface area contributed by atoms with Crippen molar-refractivity contribution in [3.63, 3.8) is 0 Å². The molecule has 0 unspecified atom stereocenters. The molecule has 2 amide bonds. The molecule has 6 heterocycles. The third-order valence-corrected chi connectivity index (χ3v) is 9.86. The van der Waals surface area contributed by atoms with E-state index in [-0.39, 0.29) is 36.0 Å². The number of aryl methyl sites for hydroxylation is 1. The average molecular weight is 600 g/mol. The summed E-state index contributed by atoms with van der Waals surface area (Å²) in [5.41, 5.74) is 11.9. The fraction of sp³-hybridized carbons (Fsp3) is 0.515. The molecule has 0 aromatic carbocycles. The van der Waals surface area contributed by atoms with Crippen LogP contribution in [0.25, 0.3) is 28.1 Å². The SMILES string of the molecule is COc1cc(C(=O)N2[C@H]3CC[C@@H]2[C@H](N)C3)cc2nc(-c3cc4ccc([C@@H](C)NC(=O)[C@@H](C)OC)nc4n3CC3CC3)c(C)n12. The van der Waals surface area contributed by atoms with Gasteiger partial charge in [0, 0.05) is 48.8 Å². The predicted molar refractivity (Wildman–Crippen MR) is 167 cm³/mol. The lowest BCUT2D eigenvalue weighted by Crippen LogP contribution is -2.40. The van der Waals surface area contributed by atoms with Crippen molar-refractivity contribution in [3.05, 3.63) is 47.3 Å². The monoisotopic (exact) mass is 599 g/mol. The van der Waals surface area contributed by atoms with Crippen LogP contribution in [0.1, 0.15) is 73.7 Å². The van der Waals surface area contributed by atoms with Crippen molar-refractivity contribution >= 4 is 28.5 Å². The van der Waals surface area contributed by atoms with E-state index in [0.29, 0.717) is 23.0 Å². The minimum Gasteiger partial charge on any atom is -0.482 e. The lowest BCUT2D eigenvalue weighted by molar-refractivity contribution is -0.130. The van der Waals surface area contributed by atoms with Crippen LogP contribution in [0.5, 0.6) is 5.88 Å². The molecular formula is C33H41N7O4. The Balaban J connectivity index is 1.29.